The van der Waals surface area contributed by atoms with E-state index in [9.17, 15) is 34.8 Å². The summed E-state index contributed by atoms with van der Waals surface area (Å²) in [7, 11) is -7.65. The smallest absolute Gasteiger partial charge is 0.416 e. The lowest BCUT2D eigenvalue weighted by Crippen LogP contribution is -2.45. The van der Waals surface area contributed by atoms with Crippen LogP contribution in [0.2, 0.25) is 0 Å². The number of aromatic nitrogens is 2. The van der Waals surface area contributed by atoms with Crippen molar-refractivity contribution in [2.75, 3.05) is 16.9 Å². The second-order valence-corrected chi connectivity index (χ2v) is 15.5. The van der Waals surface area contributed by atoms with Crippen molar-refractivity contribution in [1.82, 2.24) is 10.2 Å². The van der Waals surface area contributed by atoms with Crippen LogP contribution in [0.15, 0.2) is 76.0 Å². The van der Waals surface area contributed by atoms with E-state index in [1.54, 1.807) is 12.1 Å². The van der Waals surface area contributed by atoms with Gasteiger partial charge in [0.15, 0.2) is 19.7 Å². The quantitative estimate of drug-likeness (QED) is 0.298. The number of nitrogens with two attached hydrogens (primary N) is 1. The summed E-state index contributed by atoms with van der Waals surface area (Å²) in [5, 5.41) is 7.82. The minimum absolute atomic E-state index is 0.00290. The highest BCUT2D eigenvalue weighted by Gasteiger charge is 2.39. The molecule has 0 saturated carbocycles. The van der Waals surface area contributed by atoms with Crippen molar-refractivity contribution in [1.29, 1.82) is 0 Å². The van der Waals surface area contributed by atoms with Gasteiger partial charge in [-0.2, -0.15) is 13.2 Å². The molecule has 1 aliphatic heterocycles. The molecule has 0 spiro atoms. The zero-order chi connectivity index (χ0) is 32.9. The fourth-order valence-corrected chi connectivity index (χ4v) is 6.42. The van der Waals surface area contributed by atoms with Crippen LogP contribution in [0.25, 0.3) is 11.5 Å². The van der Waals surface area contributed by atoms with Crippen molar-refractivity contribution in [2.45, 2.75) is 42.3 Å². The van der Waals surface area contributed by atoms with Crippen molar-refractivity contribution < 1.29 is 44.0 Å². The number of ether oxygens (including phenoxy) is 1. The predicted octanol–water partition coefficient (Wildman–Crippen LogP) is 4.48. The van der Waals surface area contributed by atoms with Gasteiger partial charge in [-0.15, -0.1) is 10.2 Å². The minimum Gasteiger partial charge on any atom is -0.457 e. The van der Waals surface area contributed by atoms with Crippen molar-refractivity contribution in [3.63, 3.8) is 0 Å². The number of anilines is 1. The molecule has 0 saturated heterocycles. The number of carbonyl (C=O) groups is 1. The van der Waals surface area contributed by atoms with Crippen LogP contribution in [0.5, 0.6) is 11.5 Å². The molecule has 1 amide bonds. The number of rotatable bonds is 7. The highest BCUT2D eigenvalue weighted by Crippen LogP contribution is 2.37. The van der Waals surface area contributed by atoms with E-state index in [0.717, 1.165) is 18.4 Å². The summed E-state index contributed by atoms with van der Waals surface area (Å²) in [5.74, 6) is -1.38. The Labute approximate surface area is 256 Å². The van der Waals surface area contributed by atoms with Crippen LogP contribution in [-0.4, -0.2) is 51.0 Å². The maximum Gasteiger partial charge on any atom is 0.416 e. The standard InChI is InChI=1S/C29H27F3N4O7S2/c1-28(2,44(3,38)39)27-35-34-25(43-27)18-9-12-24-23(13-18)36(26(37)22(33)16-45(24,40)41)15-17-7-10-20(11-8-17)42-21-6-4-5-19(14-21)29(30,31)32/h4-14,22H,15-16,33H2,1-3H3/t22-/m0/s1. The van der Waals surface area contributed by atoms with Crippen molar-refractivity contribution in [3.8, 4) is 23.0 Å². The van der Waals surface area contributed by atoms with Crippen LogP contribution >= 0.6 is 0 Å². The molecule has 2 N–H and O–H groups in total. The van der Waals surface area contributed by atoms with Crippen molar-refractivity contribution in [3.05, 3.63) is 83.7 Å². The number of hydrogen-bond donors (Lipinski definition) is 1. The molecule has 0 unspecified atom stereocenters. The number of benzene rings is 3. The Hall–Kier alpha value is -4.28. The number of halogens is 3. The van der Waals surface area contributed by atoms with E-state index in [1.807, 2.05) is 0 Å². The summed E-state index contributed by atoms with van der Waals surface area (Å²) >= 11 is 0. The molecular weight excluding hydrogens is 637 g/mol. The molecule has 16 heteroatoms. The number of alkyl halides is 3. The van der Waals surface area contributed by atoms with Gasteiger partial charge in [-0.05, 0) is 67.9 Å². The van der Waals surface area contributed by atoms with Gasteiger partial charge in [0.1, 0.15) is 16.2 Å². The Morgan fingerprint density at radius 3 is 2.36 bits per heavy atom. The fourth-order valence-electron chi connectivity index (χ4n) is 4.46. The Bertz CT molecular complexity index is 1990. The van der Waals surface area contributed by atoms with Crippen LogP contribution in [0.3, 0.4) is 0 Å². The average molecular weight is 665 g/mol. The van der Waals surface area contributed by atoms with Crippen LogP contribution in [0.1, 0.15) is 30.9 Å². The number of amides is 1. The van der Waals surface area contributed by atoms with Gasteiger partial charge in [0, 0.05) is 11.8 Å². The van der Waals surface area contributed by atoms with Gasteiger partial charge in [-0.25, -0.2) is 16.8 Å². The molecule has 11 nitrogen and oxygen atoms in total. The molecule has 4 aromatic rings. The van der Waals surface area contributed by atoms with Gasteiger partial charge in [-0.3, -0.25) is 4.79 Å². The zero-order valence-corrected chi connectivity index (χ0v) is 25.7. The lowest BCUT2D eigenvalue weighted by atomic mass is 10.1. The number of hydrogen-bond acceptors (Lipinski definition) is 10. The number of nitrogens with zero attached hydrogens (tertiary/aromatic N) is 3. The third-order valence-electron chi connectivity index (χ3n) is 7.34. The first kappa shape index (κ1) is 32.1. The topological polar surface area (TPSA) is 163 Å². The molecule has 5 rings (SSSR count). The van der Waals surface area contributed by atoms with E-state index >= 15 is 0 Å². The van der Waals surface area contributed by atoms with Crippen LogP contribution in [-0.2, 0) is 41.9 Å². The van der Waals surface area contributed by atoms with Crippen molar-refractivity contribution >= 4 is 31.3 Å². The second-order valence-electron chi connectivity index (χ2n) is 11.0. The maximum absolute atomic E-state index is 13.4. The van der Waals surface area contributed by atoms with Crippen LogP contribution < -0.4 is 15.4 Å². The first-order valence-electron chi connectivity index (χ1n) is 13.3. The lowest BCUT2D eigenvalue weighted by Gasteiger charge is -2.24. The Kier molecular flexibility index (Phi) is 8.04. The largest absolute Gasteiger partial charge is 0.457 e. The third kappa shape index (κ3) is 6.43. The molecule has 0 bridgehead atoms. The summed E-state index contributed by atoms with van der Waals surface area (Å²) in [6.45, 7) is 2.68. The number of carbonyl (C=O) groups excluding carboxylic acids is 1. The molecule has 0 fully saturated rings. The van der Waals surface area contributed by atoms with Gasteiger partial charge in [0.05, 0.1) is 34.5 Å². The highest BCUT2D eigenvalue weighted by molar-refractivity contribution is 7.92. The first-order chi connectivity index (χ1) is 20.9. The van der Waals surface area contributed by atoms with E-state index in [2.05, 4.69) is 10.2 Å². The van der Waals surface area contributed by atoms with Gasteiger partial charge in [0.25, 0.3) is 0 Å². The van der Waals surface area contributed by atoms with Crippen LogP contribution in [0, 0.1) is 0 Å². The summed E-state index contributed by atoms with van der Waals surface area (Å²) < 4.78 is 99.8. The molecule has 2 heterocycles. The van der Waals surface area contributed by atoms with Gasteiger partial charge < -0.3 is 19.8 Å². The second kappa shape index (κ2) is 11.3. The molecule has 0 radical (unpaired) electrons. The lowest BCUT2D eigenvalue weighted by molar-refractivity contribution is -0.137. The molecule has 0 aliphatic carbocycles. The molecule has 3 aromatic carbocycles. The SMILES string of the molecule is CC(C)(c1nnc(-c2ccc3c(c2)N(Cc2ccc(Oc4cccc(C(F)(F)F)c4)cc2)C(=O)[C@@H](N)CS3(=O)=O)o1)S(C)(=O)=O. The van der Waals surface area contributed by atoms with Crippen LogP contribution in [0.4, 0.5) is 18.9 Å². The maximum atomic E-state index is 13.4. The van der Waals surface area contributed by atoms with Gasteiger partial charge >= 0.3 is 6.18 Å². The molecular formula is C29H27F3N4O7S2. The van der Waals surface area contributed by atoms with E-state index in [-0.39, 0.29) is 46.0 Å². The molecule has 1 aliphatic rings. The Balaban J connectivity index is 1.48. The highest BCUT2D eigenvalue weighted by atomic mass is 32.2. The van der Waals surface area contributed by atoms with Gasteiger partial charge in [-0.1, -0.05) is 18.2 Å². The third-order valence-corrected chi connectivity index (χ3v) is 11.2. The van der Waals surface area contributed by atoms with E-state index in [0.29, 0.717) is 5.56 Å². The molecule has 238 valence electrons. The summed E-state index contributed by atoms with van der Waals surface area (Å²) in [4.78, 5) is 14.5. The molecule has 1 atom stereocenters. The van der Waals surface area contributed by atoms with Gasteiger partial charge in [0.2, 0.25) is 17.7 Å². The zero-order valence-electron chi connectivity index (χ0n) is 24.1. The summed E-state index contributed by atoms with van der Waals surface area (Å²) in [6.07, 6.45) is -3.51. The monoisotopic (exact) mass is 664 g/mol. The number of sulfone groups is 2. The Morgan fingerprint density at radius 2 is 1.71 bits per heavy atom. The predicted molar refractivity (Wildman–Crippen MR) is 157 cm³/mol. The number of fused-ring (bicyclic) bond motifs is 1. The van der Waals surface area contributed by atoms with E-state index in [4.69, 9.17) is 14.9 Å². The Morgan fingerprint density at radius 1 is 1.02 bits per heavy atom. The first-order valence-corrected chi connectivity index (χ1v) is 16.8. The normalized spacial score (nSPS) is 17.1. The fraction of sp³-hybridized carbons (Fsp3) is 0.276. The average Bonchev–Trinajstić information content (AvgIpc) is 3.44. The van der Waals surface area contributed by atoms with E-state index < -0.39 is 53.9 Å². The summed E-state index contributed by atoms with van der Waals surface area (Å²) in [6, 6.07) is 13.2. The van der Waals surface area contributed by atoms with Crippen molar-refractivity contribution in [2.24, 2.45) is 5.73 Å². The minimum atomic E-state index is -4.54. The summed E-state index contributed by atoms with van der Waals surface area (Å²) in [5.41, 5.74) is 5.89. The molecule has 45 heavy (non-hydrogen) atoms. The molecule has 1 aromatic heterocycles. The van der Waals surface area contributed by atoms with E-state index in [1.165, 1.54) is 61.2 Å².